The Hall–Kier alpha value is -4.77. The van der Waals surface area contributed by atoms with Gasteiger partial charge in [-0.3, -0.25) is 24.6 Å². The maximum atomic E-state index is 14.6. The Morgan fingerprint density at radius 1 is 1.09 bits per heavy atom. The number of benzene rings is 2. The number of hydrogen-bond acceptors (Lipinski definition) is 7. The van der Waals surface area contributed by atoms with Crippen LogP contribution in [0, 0.1) is 5.82 Å². The summed E-state index contributed by atoms with van der Waals surface area (Å²) in [7, 11) is 0. The van der Waals surface area contributed by atoms with E-state index in [0.717, 1.165) is 11.1 Å². The van der Waals surface area contributed by atoms with Gasteiger partial charge in [0.1, 0.15) is 23.1 Å². The van der Waals surface area contributed by atoms with Crippen LogP contribution < -0.4 is 10.2 Å². The summed E-state index contributed by atoms with van der Waals surface area (Å²) in [6, 6.07) is 16.4. The average Bonchev–Trinajstić information content (AvgIpc) is 3.70. The number of aryl methyl sites for hydroxylation is 1. The Bertz CT molecular complexity index is 1720. The number of aromatic amines is 1. The van der Waals surface area contributed by atoms with Crippen molar-refractivity contribution < 1.29 is 14.0 Å². The van der Waals surface area contributed by atoms with Gasteiger partial charge in [0.2, 0.25) is 5.91 Å². The molecule has 0 saturated heterocycles. The molecule has 5 aromatic rings. The summed E-state index contributed by atoms with van der Waals surface area (Å²) in [4.78, 5) is 43.8. The number of carbonyl (C=O) groups is 2. The molecule has 0 aliphatic carbocycles. The highest BCUT2D eigenvalue weighted by atomic mass is 32.1. The summed E-state index contributed by atoms with van der Waals surface area (Å²) in [5.74, 6) is -0.634. The Morgan fingerprint density at radius 2 is 1.89 bits per heavy atom. The van der Waals surface area contributed by atoms with Crippen LogP contribution in [0.5, 0.6) is 0 Å². The number of pyridine rings is 1. The maximum absolute atomic E-state index is 14.6. The number of aromatic nitrogens is 5. The Kier molecular flexibility index (Phi) is 9.24. The zero-order valence-corrected chi connectivity index (χ0v) is 25.9. The molecule has 0 radical (unpaired) electrons. The Labute approximate surface area is 259 Å². The maximum Gasteiger partial charge on any atom is 0.271 e. The molecule has 0 aliphatic heterocycles. The quantitative estimate of drug-likeness (QED) is 0.198. The van der Waals surface area contributed by atoms with E-state index < -0.39 is 6.04 Å². The van der Waals surface area contributed by atoms with Gasteiger partial charge in [0, 0.05) is 30.2 Å². The van der Waals surface area contributed by atoms with Crippen molar-refractivity contribution in [3.63, 3.8) is 0 Å². The molecular formula is C33H34FN7O2S. The standard InChI is InChI=1S/C33H34FN7O2S/c1-5-26-28(44-31(39-26)29-37-20-38-40-29)32(43)41(25-13-11-23(12-14-25)33(2,3)4)27(22-9-7-16-35-19-22)30(42)36-17-15-21-8-6-10-24(34)18-21/h6-14,16,18-20,27H,5,15,17H2,1-4H3,(H,36,42)(H,37,38,40). The zero-order chi connectivity index (χ0) is 31.3. The molecule has 0 bridgehead atoms. The third-order valence-electron chi connectivity index (χ3n) is 7.18. The molecule has 2 aromatic carbocycles. The molecule has 3 aromatic heterocycles. The molecule has 2 amide bonds. The number of halogens is 1. The van der Waals surface area contributed by atoms with Crippen LogP contribution in [0.3, 0.4) is 0 Å². The van der Waals surface area contributed by atoms with Gasteiger partial charge in [-0.25, -0.2) is 14.4 Å². The molecule has 9 nitrogen and oxygen atoms in total. The molecular weight excluding hydrogens is 577 g/mol. The molecule has 3 heterocycles. The minimum Gasteiger partial charge on any atom is -0.354 e. The van der Waals surface area contributed by atoms with E-state index in [4.69, 9.17) is 0 Å². The van der Waals surface area contributed by atoms with E-state index in [9.17, 15) is 14.0 Å². The van der Waals surface area contributed by atoms with Crippen molar-refractivity contribution in [1.29, 1.82) is 0 Å². The lowest BCUT2D eigenvalue weighted by Crippen LogP contribution is -2.44. The van der Waals surface area contributed by atoms with E-state index in [-0.39, 0.29) is 29.6 Å². The first kappa shape index (κ1) is 30.7. The molecule has 0 fully saturated rings. The fourth-order valence-corrected chi connectivity index (χ4v) is 5.90. The van der Waals surface area contributed by atoms with Crippen molar-refractivity contribution in [1.82, 2.24) is 30.5 Å². The predicted molar refractivity (Wildman–Crippen MR) is 169 cm³/mol. The van der Waals surface area contributed by atoms with E-state index in [1.54, 1.807) is 30.6 Å². The minimum absolute atomic E-state index is 0.108. The number of amides is 2. The van der Waals surface area contributed by atoms with Gasteiger partial charge in [0.25, 0.3) is 5.91 Å². The predicted octanol–water partition coefficient (Wildman–Crippen LogP) is 6.07. The van der Waals surface area contributed by atoms with E-state index in [1.807, 2.05) is 37.3 Å². The third kappa shape index (κ3) is 6.89. The van der Waals surface area contributed by atoms with Crippen molar-refractivity contribution in [3.8, 4) is 10.8 Å². The van der Waals surface area contributed by atoms with Crippen LogP contribution in [-0.4, -0.2) is 43.5 Å². The molecule has 0 saturated carbocycles. The van der Waals surface area contributed by atoms with E-state index in [2.05, 4.69) is 51.2 Å². The molecule has 44 heavy (non-hydrogen) atoms. The lowest BCUT2D eigenvalue weighted by atomic mass is 9.87. The highest BCUT2D eigenvalue weighted by Crippen LogP contribution is 2.35. The average molecular weight is 612 g/mol. The van der Waals surface area contributed by atoms with Crippen molar-refractivity contribution in [2.45, 2.75) is 52.0 Å². The van der Waals surface area contributed by atoms with E-state index in [0.29, 0.717) is 45.5 Å². The molecule has 226 valence electrons. The second-order valence-corrected chi connectivity index (χ2v) is 12.3. The molecule has 2 N–H and O–H groups in total. The summed E-state index contributed by atoms with van der Waals surface area (Å²) >= 11 is 1.20. The zero-order valence-electron chi connectivity index (χ0n) is 25.0. The first-order chi connectivity index (χ1) is 21.2. The smallest absolute Gasteiger partial charge is 0.271 e. The van der Waals surface area contributed by atoms with Gasteiger partial charge in [-0.1, -0.05) is 58.0 Å². The summed E-state index contributed by atoms with van der Waals surface area (Å²) < 4.78 is 13.7. The largest absolute Gasteiger partial charge is 0.354 e. The van der Waals surface area contributed by atoms with Crippen molar-refractivity contribution in [2.24, 2.45) is 0 Å². The lowest BCUT2D eigenvalue weighted by Gasteiger charge is -2.32. The summed E-state index contributed by atoms with van der Waals surface area (Å²) in [5, 5.41) is 10.2. The monoisotopic (exact) mass is 611 g/mol. The third-order valence-corrected chi connectivity index (χ3v) is 8.28. The van der Waals surface area contributed by atoms with Crippen molar-refractivity contribution in [3.05, 3.63) is 112 Å². The van der Waals surface area contributed by atoms with Crippen LogP contribution in [0.15, 0.2) is 79.4 Å². The van der Waals surface area contributed by atoms with Crippen LogP contribution in [0.4, 0.5) is 10.1 Å². The molecule has 0 aliphatic rings. The molecule has 1 atom stereocenters. The molecule has 1 unspecified atom stereocenters. The summed E-state index contributed by atoms with van der Waals surface area (Å²) in [6.07, 6.45) is 5.52. The van der Waals surface area contributed by atoms with Gasteiger partial charge in [-0.2, -0.15) is 5.10 Å². The number of nitrogens with one attached hydrogen (secondary N) is 2. The van der Waals surface area contributed by atoms with Gasteiger partial charge in [0.15, 0.2) is 10.8 Å². The number of carbonyl (C=O) groups excluding carboxylic acids is 2. The number of H-pyrrole nitrogens is 1. The van der Waals surface area contributed by atoms with E-state index >= 15 is 0 Å². The number of thiazole rings is 1. The van der Waals surface area contributed by atoms with Crippen LogP contribution in [0.2, 0.25) is 0 Å². The second-order valence-electron chi connectivity index (χ2n) is 11.3. The number of hydrogen-bond donors (Lipinski definition) is 2. The molecule has 11 heteroatoms. The minimum atomic E-state index is -1.05. The van der Waals surface area contributed by atoms with E-state index in [1.165, 1.54) is 34.7 Å². The van der Waals surface area contributed by atoms with Crippen LogP contribution in [0.25, 0.3) is 10.8 Å². The van der Waals surface area contributed by atoms with Crippen molar-refractivity contribution >= 4 is 28.8 Å². The normalized spacial score (nSPS) is 12.1. The van der Waals surface area contributed by atoms with Gasteiger partial charge in [0.05, 0.1) is 5.69 Å². The lowest BCUT2D eigenvalue weighted by molar-refractivity contribution is -0.122. The Morgan fingerprint density at radius 3 is 2.52 bits per heavy atom. The van der Waals surface area contributed by atoms with Crippen LogP contribution >= 0.6 is 11.3 Å². The van der Waals surface area contributed by atoms with Gasteiger partial charge < -0.3 is 5.32 Å². The summed E-state index contributed by atoms with van der Waals surface area (Å²) in [6.45, 7) is 8.53. The highest BCUT2D eigenvalue weighted by Gasteiger charge is 2.36. The highest BCUT2D eigenvalue weighted by molar-refractivity contribution is 7.17. The van der Waals surface area contributed by atoms with Crippen LogP contribution in [-0.2, 0) is 23.1 Å². The fourth-order valence-electron chi connectivity index (χ4n) is 4.86. The number of anilines is 1. The van der Waals surface area contributed by atoms with Gasteiger partial charge in [-0.15, -0.1) is 11.3 Å². The number of rotatable bonds is 10. The van der Waals surface area contributed by atoms with Gasteiger partial charge >= 0.3 is 0 Å². The first-order valence-corrected chi connectivity index (χ1v) is 15.2. The Balaban J connectivity index is 1.57. The molecule has 5 rings (SSSR count). The van der Waals surface area contributed by atoms with Crippen LogP contribution in [0.1, 0.15) is 65.8 Å². The fraction of sp³-hybridized carbons (Fsp3) is 0.273. The topological polar surface area (TPSA) is 117 Å². The van der Waals surface area contributed by atoms with Gasteiger partial charge in [-0.05, 0) is 59.7 Å². The molecule has 0 spiro atoms. The number of nitrogens with zero attached hydrogens (tertiary/aromatic N) is 5. The SMILES string of the molecule is CCc1nc(-c2ncn[nH]2)sc1C(=O)N(c1ccc(C(C)(C)C)cc1)C(C(=O)NCCc1cccc(F)c1)c1cccnc1. The first-order valence-electron chi connectivity index (χ1n) is 14.4. The second kappa shape index (κ2) is 13.3. The summed E-state index contributed by atoms with van der Waals surface area (Å²) in [5.41, 5.74) is 3.43. The van der Waals surface area contributed by atoms with Crippen molar-refractivity contribution in [2.75, 3.05) is 11.4 Å².